The van der Waals surface area contributed by atoms with Crippen LogP contribution in [0.2, 0.25) is 0 Å². The lowest BCUT2D eigenvalue weighted by atomic mass is 9.85. The van der Waals surface area contributed by atoms with Crippen molar-refractivity contribution in [1.29, 1.82) is 0 Å². The van der Waals surface area contributed by atoms with E-state index in [1.807, 2.05) is 0 Å². The van der Waals surface area contributed by atoms with Crippen molar-refractivity contribution in [2.45, 2.75) is 223 Å². The summed E-state index contributed by atoms with van der Waals surface area (Å²) < 4.78 is 39.4. The topological polar surface area (TPSA) is 222 Å². The summed E-state index contributed by atoms with van der Waals surface area (Å²) in [6.45, 7) is 3.12. The second-order valence-corrected chi connectivity index (χ2v) is 18.4. The van der Waals surface area contributed by atoms with Crippen molar-refractivity contribution >= 4 is 19.8 Å². The van der Waals surface area contributed by atoms with Gasteiger partial charge in [-0.15, -0.1) is 0 Å². The smallest absolute Gasteiger partial charge is 0.462 e. The molecule has 1 heterocycles. The number of carbonyl (C=O) groups is 2. The largest absolute Gasteiger partial charge is 0.472 e. The Morgan fingerprint density at radius 3 is 1.69 bits per heavy atom. The zero-order valence-corrected chi connectivity index (χ0v) is 39.6. The van der Waals surface area contributed by atoms with Crippen LogP contribution in [0.1, 0.15) is 168 Å². The number of unbranched alkanes of at least 4 members (excludes halogenated alkanes) is 13. The molecule has 5 unspecified atom stereocenters. The van der Waals surface area contributed by atoms with E-state index in [1.54, 1.807) is 0 Å². The zero-order valence-electron chi connectivity index (χ0n) is 38.8. The predicted molar refractivity (Wildman–Crippen MR) is 248 cm³/mol. The quantitative estimate of drug-likeness (QED) is 0.0112. The van der Waals surface area contributed by atoms with Gasteiger partial charge >= 0.3 is 19.8 Å². The summed E-state index contributed by atoms with van der Waals surface area (Å²) in [7, 11) is -5.14. The molecule has 14 nitrogen and oxygen atoms in total. The molecule has 0 bridgehead atoms. The molecular formula is C49H83O14P. The SMILES string of the molecule is CC/C=C\C/C=C\C/C=C\C/C=C\CCCCCCCCC(=O)OC[C@H](COP(=O)(O)OC1[C@H](O)[C@H](O)C(O)[C@H](O)[C@H]1O)OC(=O)CCCCCCCC1OC1C/C=C\CCCCC. The molecule has 0 radical (unpaired) electrons. The lowest BCUT2D eigenvalue weighted by molar-refractivity contribution is -0.220. The number of epoxide rings is 1. The van der Waals surface area contributed by atoms with Crippen molar-refractivity contribution < 1.29 is 67.8 Å². The third-order valence-corrected chi connectivity index (χ3v) is 12.3. The van der Waals surface area contributed by atoms with Crippen LogP contribution in [0.5, 0.6) is 0 Å². The summed E-state index contributed by atoms with van der Waals surface area (Å²) in [5.74, 6) is -1.14. The molecule has 0 spiro atoms. The van der Waals surface area contributed by atoms with Crippen LogP contribution in [0.4, 0.5) is 0 Å². The van der Waals surface area contributed by atoms with E-state index in [9.17, 15) is 44.6 Å². The van der Waals surface area contributed by atoms with Crippen LogP contribution in [0.3, 0.4) is 0 Å². The summed E-state index contributed by atoms with van der Waals surface area (Å²) in [6, 6.07) is 0. The van der Waals surface area contributed by atoms with Crippen LogP contribution in [-0.4, -0.2) is 111 Å². The number of hydrogen-bond donors (Lipinski definition) is 6. The number of aliphatic hydroxyl groups is 5. The predicted octanol–water partition coefficient (Wildman–Crippen LogP) is 8.71. The number of phosphoric ester groups is 1. The molecule has 2 aliphatic rings. The summed E-state index contributed by atoms with van der Waals surface area (Å²) in [4.78, 5) is 35.8. The maximum atomic E-state index is 12.8. The van der Waals surface area contributed by atoms with Crippen LogP contribution in [-0.2, 0) is 37.4 Å². The van der Waals surface area contributed by atoms with Gasteiger partial charge in [-0.25, -0.2) is 4.57 Å². The van der Waals surface area contributed by atoms with Crippen LogP contribution in [0.25, 0.3) is 0 Å². The van der Waals surface area contributed by atoms with Crippen molar-refractivity contribution in [2.75, 3.05) is 13.2 Å². The van der Waals surface area contributed by atoms with E-state index >= 15 is 0 Å². The molecule has 0 aromatic rings. The number of ether oxygens (including phenoxy) is 3. The molecule has 1 saturated carbocycles. The maximum absolute atomic E-state index is 12.8. The lowest BCUT2D eigenvalue weighted by Gasteiger charge is -2.41. The van der Waals surface area contributed by atoms with Gasteiger partial charge in [-0.3, -0.25) is 18.6 Å². The van der Waals surface area contributed by atoms with Crippen LogP contribution >= 0.6 is 7.82 Å². The van der Waals surface area contributed by atoms with Gasteiger partial charge in [-0.05, 0) is 77.0 Å². The molecule has 1 aliphatic heterocycles. The summed E-state index contributed by atoms with van der Waals surface area (Å²) in [5.41, 5.74) is 0. The summed E-state index contributed by atoms with van der Waals surface area (Å²) >= 11 is 0. The number of allylic oxidation sites excluding steroid dienone is 9. The van der Waals surface area contributed by atoms with Crippen molar-refractivity contribution in [2.24, 2.45) is 0 Å². The molecule has 1 saturated heterocycles. The third kappa shape index (κ3) is 27.2. The maximum Gasteiger partial charge on any atom is 0.472 e. The second-order valence-electron chi connectivity index (χ2n) is 17.0. The van der Waals surface area contributed by atoms with Gasteiger partial charge < -0.3 is 44.6 Å². The summed E-state index contributed by atoms with van der Waals surface area (Å²) in [6.07, 6.45) is 31.4. The van der Waals surface area contributed by atoms with E-state index in [0.29, 0.717) is 25.0 Å². The highest BCUT2D eigenvalue weighted by Crippen LogP contribution is 2.47. The molecule has 64 heavy (non-hydrogen) atoms. The standard InChI is InChI=1S/C49H83O14P/c1-3-5-7-9-11-12-13-14-15-16-17-18-19-20-21-22-23-27-31-35-42(50)59-37-39(38-60-64(57,58)63-49-47(55)45(53)44(52)46(54)48(49)56)61-43(51)36-32-28-24-26-30-34-41-40(62-41)33-29-25-10-8-6-4-2/h5,7,11-12,14-15,17-18,25,29,39-41,44-49,52-56H,3-4,6,8-10,13,16,19-24,26-28,30-38H2,1-2H3,(H,57,58)/b7-5-,12-11-,15-14-,18-17-,29-25-/t39-,40?,41?,44?,45-,46+,47-,48-,49?/m1/s1. The van der Waals surface area contributed by atoms with Crippen LogP contribution in [0, 0.1) is 0 Å². The van der Waals surface area contributed by atoms with E-state index in [1.165, 1.54) is 19.3 Å². The Kier molecular flexibility index (Phi) is 32.1. The van der Waals surface area contributed by atoms with E-state index in [-0.39, 0.29) is 12.8 Å². The minimum Gasteiger partial charge on any atom is -0.462 e. The fourth-order valence-electron chi connectivity index (χ4n) is 7.28. The Morgan fingerprint density at radius 2 is 1.08 bits per heavy atom. The number of esters is 2. The van der Waals surface area contributed by atoms with Gasteiger partial charge in [-0.1, -0.05) is 139 Å². The fourth-order valence-corrected chi connectivity index (χ4v) is 8.26. The number of aliphatic hydroxyl groups excluding tert-OH is 5. The fraction of sp³-hybridized carbons (Fsp3) is 0.755. The van der Waals surface area contributed by atoms with Crippen molar-refractivity contribution in [3.8, 4) is 0 Å². The van der Waals surface area contributed by atoms with Crippen LogP contribution in [0.15, 0.2) is 60.8 Å². The summed E-state index contributed by atoms with van der Waals surface area (Å²) in [5, 5.41) is 50.2. The number of hydrogen-bond acceptors (Lipinski definition) is 13. The first-order valence-electron chi connectivity index (χ1n) is 24.2. The highest BCUT2D eigenvalue weighted by molar-refractivity contribution is 7.47. The number of carbonyl (C=O) groups excluding carboxylic acids is 2. The van der Waals surface area contributed by atoms with E-state index < -0.39 is 75.7 Å². The van der Waals surface area contributed by atoms with Gasteiger partial charge in [0, 0.05) is 12.8 Å². The molecule has 0 amide bonds. The highest BCUT2D eigenvalue weighted by atomic mass is 31.2. The van der Waals surface area contributed by atoms with E-state index in [0.717, 1.165) is 109 Å². The highest BCUT2D eigenvalue weighted by Gasteiger charge is 2.51. The average Bonchev–Trinajstić information content (AvgIpc) is 4.03. The van der Waals surface area contributed by atoms with Crippen molar-refractivity contribution in [3.63, 3.8) is 0 Å². The molecule has 0 aromatic heterocycles. The van der Waals surface area contributed by atoms with Gasteiger partial charge in [0.15, 0.2) is 6.10 Å². The molecule has 10 atom stereocenters. The molecule has 6 N–H and O–H groups in total. The van der Waals surface area contributed by atoms with Gasteiger partial charge in [0.2, 0.25) is 0 Å². The van der Waals surface area contributed by atoms with Gasteiger partial charge in [0.1, 0.15) is 43.2 Å². The van der Waals surface area contributed by atoms with E-state index in [4.69, 9.17) is 23.3 Å². The van der Waals surface area contributed by atoms with Crippen LogP contribution < -0.4 is 0 Å². The monoisotopic (exact) mass is 927 g/mol. The Morgan fingerprint density at radius 1 is 0.578 bits per heavy atom. The Hall–Kier alpha value is -2.49. The molecular weight excluding hydrogens is 843 g/mol. The number of phosphoric acid groups is 1. The van der Waals surface area contributed by atoms with Gasteiger partial charge in [0.05, 0.1) is 18.8 Å². The lowest BCUT2D eigenvalue weighted by Crippen LogP contribution is -2.64. The Balaban J connectivity index is 1.70. The van der Waals surface area contributed by atoms with E-state index in [2.05, 4.69) is 74.6 Å². The minimum atomic E-state index is -5.14. The molecule has 368 valence electrons. The zero-order chi connectivity index (χ0) is 46.8. The molecule has 15 heteroatoms. The molecule has 2 fully saturated rings. The Bertz CT molecular complexity index is 1420. The first-order valence-corrected chi connectivity index (χ1v) is 25.7. The minimum absolute atomic E-state index is 0.0676. The second kappa shape index (κ2) is 35.7. The first kappa shape index (κ1) is 57.6. The first-order chi connectivity index (χ1) is 30.9. The molecule has 0 aromatic carbocycles. The Labute approximate surface area is 383 Å². The average molecular weight is 927 g/mol. The molecule has 2 rings (SSSR count). The normalized spacial score (nSPS) is 25.2. The van der Waals surface area contributed by atoms with Crippen molar-refractivity contribution in [3.05, 3.63) is 60.8 Å². The molecule has 1 aliphatic carbocycles. The number of rotatable bonds is 38. The van der Waals surface area contributed by atoms with Gasteiger partial charge in [-0.2, -0.15) is 0 Å². The van der Waals surface area contributed by atoms with Crippen molar-refractivity contribution in [1.82, 2.24) is 0 Å². The third-order valence-electron chi connectivity index (χ3n) is 11.3. The van der Waals surface area contributed by atoms with Gasteiger partial charge in [0.25, 0.3) is 0 Å².